The van der Waals surface area contributed by atoms with Crippen LogP contribution in [0.25, 0.3) is 0 Å². The van der Waals surface area contributed by atoms with Crippen LogP contribution in [0.15, 0.2) is 36.9 Å². The molecule has 0 radical (unpaired) electrons. The monoisotopic (exact) mass is 233 g/mol. The van der Waals surface area contributed by atoms with E-state index in [-0.39, 0.29) is 5.78 Å². The first-order valence-corrected chi connectivity index (χ1v) is 5.68. The van der Waals surface area contributed by atoms with Crippen molar-refractivity contribution >= 4 is 5.78 Å². The van der Waals surface area contributed by atoms with E-state index < -0.39 is 0 Å². The van der Waals surface area contributed by atoms with Crippen molar-refractivity contribution in [1.29, 1.82) is 0 Å². The predicted molar refractivity (Wildman–Crippen MR) is 69.6 cm³/mol. The molecular formula is C14H19NO2. The summed E-state index contributed by atoms with van der Waals surface area (Å²) < 4.78 is 5.58. The Hall–Kier alpha value is -1.61. The van der Waals surface area contributed by atoms with Crippen molar-refractivity contribution in [3.63, 3.8) is 0 Å². The summed E-state index contributed by atoms with van der Waals surface area (Å²) in [5.41, 5.74) is 0.616. The number of ketones is 1. The number of ether oxygens (including phenoxy) is 1. The Morgan fingerprint density at radius 2 is 2.24 bits per heavy atom. The Kier molecular flexibility index (Phi) is 5.43. The summed E-state index contributed by atoms with van der Waals surface area (Å²) in [6.07, 6.45) is 2.28. The van der Waals surface area contributed by atoms with Gasteiger partial charge in [0.2, 0.25) is 0 Å². The Bertz CT molecular complexity index is 386. The lowest BCUT2D eigenvalue weighted by molar-refractivity contribution is 0.104. The van der Waals surface area contributed by atoms with Crippen LogP contribution < -0.4 is 4.74 Å². The molecule has 1 aromatic carbocycles. The van der Waals surface area contributed by atoms with E-state index in [0.717, 1.165) is 18.7 Å². The molecule has 1 rings (SSSR count). The van der Waals surface area contributed by atoms with Gasteiger partial charge in [0.05, 0.1) is 6.61 Å². The van der Waals surface area contributed by atoms with Gasteiger partial charge in [-0.2, -0.15) is 0 Å². The molecule has 0 fully saturated rings. The third-order valence-corrected chi connectivity index (χ3v) is 2.32. The molecule has 0 amide bonds. The summed E-state index contributed by atoms with van der Waals surface area (Å²) in [7, 11) is 4.06. The lowest BCUT2D eigenvalue weighted by Crippen LogP contribution is -2.15. The molecule has 0 atom stereocenters. The van der Waals surface area contributed by atoms with E-state index in [9.17, 15) is 4.79 Å². The largest absolute Gasteiger partial charge is 0.494 e. The van der Waals surface area contributed by atoms with Crippen LogP contribution in [-0.4, -0.2) is 37.9 Å². The molecular weight excluding hydrogens is 214 g/mol. The summed E-state index contributed by atoms with van der Waals surface area (Å²) in [6.45, 7) is 5.11. The van der Waals surface area contributed by atoms with Gasteiger partial charge in [-0.05, 0) is 38.7 Å². The highest BCUT2D eigenvalue weighted by Crippen LogP contribution is 2.14. The maximum absolute atomic E-state index is 11.4. The fourth-order valence-electron chi connectivity index (χ4n) is 1.43. The summed E-state index contributed by atoms with van der Waals surface area (Å²) in [5, 5.41) is 0. The predicted octanol–water partition coefficient (Wildman–Crippen LogP) is 2.39. The highest BCUT2D eigenvalue weighted by Gasteiger charge is 2.02. The van der Waals surface area contributed by atoms with Crippen molar-refractivity contribution in [3.05, 3.63) is 42.5 Å². The Labute approximate surface area is 103 Å². The molecule has 0 saturated heterocycles. The fraction of sp³-hybridized carbons (Fsp3) is 0.357. The van der Waals surface area contributed by atoms with Gasteiger partial charge in [0.25, 0.3) is 0 Å². The average molecular weight is 233 g/mol. The molecule has 0 bridgehead atoms. The van der Waals surface area contributed by atoms with Crippen LogP contribution in [0.1, 0.15) is 16.8 Å². The van der Waals surface area contributed by atoms with E-state index in [1.165, 1.54) is 6.08 Å². The molecule has 1 aromatic rings. The smallest absolute Gasteiger partial charge is 0.185 e. The topological polar surface area (TPSA) is 29.5 Å². The van der Waals surface area contributed by atoms with Crippen LogP contribution in [0, 0.1) is 0 Å². The van der Waals surface area contributed by atoms with E-state index in [1.807, 2.05) is 26.2 Å². The molecule has 0 spiro atoms. The Morgan fingerprint density at radius 3 is 2.88 bits per heavy atom. The second kappa shape index (κ2) is 6.86. The maximum Gasteiger partial charge on any atom is 0.185 e. The molecule has 0 heterocycles. The SMILES string of the molecule is C=CC(=O)c1cccc(OCCCN(C)C)c1. The number of rotatable bonds is 7. The average Bonchev–Trinajstić information content (AvgIpc) is 2.34. The van der Waals surface area contributed by atoms with Gasteiger partial charge in [0, 0.05) is 12.1 Å². The van der Waals surface area contributed by atoms with Gasteiger partial charge < -0.3 is 9.64 Å². The van der Waals surface area contributed by atoms with Crippen LogP contribution in [-0.2, 0) is 0 Å². The number of nitrogens with zero attached hydrogens (tertiary/aromatic N) is 1. The van der Waals surface area contributed by atoms with Gasteiger partial charge >= 0.3 is 0 Å². The third-order valence-electron chi connectivity index (χ3n) is 2.32. The minimum Gasteiger partial charge on any atom is -0.494 e. The minimum atomic E-state index is -0.0799. The Balaban J connectivity index is 2.48. The third kappa shape index (κ3) is 4.83. The molecule has 17 heavy (non-hydrogen) atoms. The van der Waals surface area contributed by atoms with E-state index in [1.54, 1.807) is 12.1 Å². The van der Waals surface area contributed by atoms with Crippen molar-refractivity contribution < 1.29 is 9.53 Å². The van der Waals surface area contributed by atoms with Crippen LogP contribution in [0.4, 0.5) is 0 Å². The molecule has 0 aliphatic carbocycles. The van der Waals surface area contributed by atoms with Crippen molar-refractivity contribution in [3.8, 4) is 5.75 Å². The first-order valence-electron chi connectivity index (χ1n) is 5.68. The number of benzene rings is 1. The number of hydrogen-bond donors (Lipinski definition) is 0. The molecule has 3 nitrogen and oxygen atoms in total. The summed E-state index contributed by atoms with van der Waals surface area (Å²) in [5.74, 6) is 0.653. The number of allylic oxidation sites excluding steroid dienone is 1. The molecule has 3 heteroatoms. The zero-order valence-electron chi connectivity index (χ0n) is 10.5. The van der Waals surface area contributed by atoms with Crippen molar-refractivity contribution in [2.75, 3.05) is 27.2 Å². The molecule has 0 aliphatic heterocycles. The summed E-state index contributed by atoms with van der Waals surface area (Å²) in [6, 6.07) is 7.18. The van der Waals surface area contributed by atoms with E-state index in [2.05, 4.69) is 11.5 Å². The highest BCUT2D eigenvalue weighted by atomic mass is 16.5. The van der Waals surface area contributed by atoms with Crippen molar-refractivity contribution in [2.45, 2.75) is 6.42 Å². The number of carbonyl (C=O) groups excluding carboxylic acids is 1. The van der Waals surface area contributed by atoms with Gasteiger partial charge in [-0.15, -0.1) is 0 Å². The van der Waals surface area contributed by atoms with Gasteiger partial charge in [-0.3, -0.25) is 4.79 Å². The second-order valence-corrected chi connectivity index (χ2v) is 4.10. The summed E-state index contributed by atoms with van der Waals surface area (Å²) in [4.78, 5) is 13.5. The standard InChI is InChI=1S/C14H19NO2/c1-4-14(16)12-7-5-8-13(11-12)17-10-6-9-15(2)3/h4-5,7-8,11H,1,6,9-10H2,2-3H3. The Morgan fingerprint density at radius 1 is 1.47 bits per heavy atom. The van der Waals surface area contributed by atoms with Gasteiger partial charge in [-0.1, -0.05) is 18.7 Å². The molecule has 0 aromatic heterocycles. The minimum absolute atomic E-state index is 0.0799. The fourth-order valence-corrected chi connectivity index (χ4v) is 1.43. The van der Waals surface area contributed by atoms with E-state index in [0.29, 0.717) is 12.2 Å². The van der Waals surface area contributed by atoms with Crippen molar-refractivity contribution in [2.24, 2.45) is 0 Å². The van der Waals surface area contributed by atoms with Gasteiger partial charge in [-0.25, -0.2) is 0 Å². The molecule has 92 valence electrons. The maximum atomic E-state index is 11.4. The lowest BCUT2D eigenvalue weighted by Gasteiger charge is -2.10. The normalized spacial score (nSPS) is 10.3. The van der Waals surface area contributed by atoms with Crippen LogP contribution >= 0.6 is 0 Å². The highest BCUT2D eigenvalue weighted by molar-refractivity contribution is 6.04. The van der Waals surface area contributed by atoms with Gasteiger partial charge in [0.1, 0.15) is 5.75 Å². The van der Waals surface area contributed by atoms with Crippen LogP contribution in [0.2, 0.25) is 0 Å². The van der Waals surface area contributed by atoms with Crippen LogP contribution in [0.3, 0.4) is 0 Å². The zero-order valence-corrected chi connectivity index (χ0v) is 10.5. The molecule has 0 N–H and O–H groups in total. The van der Waals surface area contributed by atoms with E-state index in [4.69, 9.17) is 4.74 Å². The molecule has 0 unspecified atom stereocenters. The quantitative estimate of drug-likeness (QED) is 0.411. The first-order chi connectivity index (χ1) is 8.13. The van der Waals surface area contributed by atoms with Crippen molar-refractivity contribution in [1.82, 2.24) is 4.90 Å². The molecule has 0 aliphatic rings. The number of carbonyl (C=O) groups is 1. The molecule has 0 saturated carbocycles. The van der Waals surface area contributed by atoms with E-state index >= 15 is 0 Å². The summed E-state index contributed by atoms with van der Waals surface area (Å²) >= 11 is 0. The number of hydrogen-bond acceptors (Lipinski definition) is 3. The van der Waals surface area contributed by atoms with Gasteiger partial charge in [0.15, 0.2) is 5.78 Å². The lowest BCUT2D eigenvalue weighted by atomic mass is 10.1. The first kappa shape index (κ1) is 13.5. The second-order valence-electron chi connectivity index (χ2n) is 4.10. The van der Waals surface area contributed by atoms with Crippen LogP contribution in [0.5, 0.6) is 5.75 Å². The zero-order chi connectivity index (χ0) is 12.7.